The van der Waals surface area contributed by atoms with Crippen LogP contribution >= 0.6 is 0 Å². The number of carbonyl (C=O) groups is 1. The highest BCUT2D eigenvalue weighted by Crippen LogP contribution is 2.28. The Morgan fingerprint density at radius 3 is 2.77 bits per heavy atom. The first-order valence-corrected chi connectivity index (χ1v) is 10.6. The Kier molecular flexibility index (Phi) is 6.13. The lowest BCUT2D eigenvalue weighted by Crippen LogP contribution is -2.43. The van der Waals surface area contributed by atoms with Gasteiger partial charge in [0.05, 0.1) is 24.0 Å². The second-order valence-electron chi connectivity index (χ2n) is 8.34. The fraction of sp³-hybridized carbons (Fsp3) is 0.375. The molecule has 1 aliphatic rings. The van der Waals surface area contributed by atoms with E-state index >= 15 is 0 Å². The average molecular weight is 423 g/mol. The van der Waals surface area contributed by atoms with Crippen LogP contribution in [0.4, 0.5) is 4.39 Å². The molecule has 1 aliphatic heterocycles. The van der Waals surface area contributed by atoms with E-state index in [1.807, 2.05) is 50.1 Å². The van der Waals surface area contributed by atoms with E-state index in [-0.39, 0.29) is 17.9 Å². The van der Waals surface area contributed by atoms with Gasteiger partial charge in [-0.1, -0.05) is 38.1 Å². The SMILES string of the molecule is CC(C)c1ccc(C(NC(=O)C2CCCN2C)c2cccc(-c3cnco3)c2)nc1F. The van der Waals surface area contributed by atoms with E-state index in [9.17, 15) is 9.18 Å². The monoisotopic (exact) mass is 422 g/mol. The molecule has 0 bridgehead atoms. The van der Waals surface area contributed by atoms with E-state index < -0.39 is 12.0 Å². The zero-order valence-electron chi connectivity index (χ0n) is 18.0. The number of hydrogen-bond acceptors (Lipinski definition) is 5. The minimum atomic E-state index is -0.583. The quantitative estimate of drug-likeness (QED) is 0.600. The summed E-state index contributed by atoms with van der Waals surface area (Å²) < 4.78 is 20.1. The molecule has 0 radical (unpaired) electrons. The smallest absolute Gasteiger partial charge is 0.238 e. The van der Waals surface area contributed by atoms with Crippen molar-refractivity contribution in [2.45, 2.75) is 44.7 Å². The highest BCUT2D eigenvalue weighted by Gasteiger charge is 2.30. The van der Waals surface area contributed by atoms with Gasteiger partial charge in [-0.15, -0.1) is 0 Å². The molecule has 2 aromatic heterocycles. The van der Waals surface area contributed by atoms with Gasteiger partial charge in [-0.2, -0.15) is 4.39 Å². The molecule has 1 amide bonds. The normalized spacial score (nSPS) is 17.8. The number of oxazole rings is 1. The van der Waals surface area contributed by atoms with Crippen LogP contribution < -0.4 is 5.32 Å². The molecule has 6 nitrogen and oxygen atoms in total. The molecule has 3 heterocycles. The molecule has 1 fully saturated rings. The van der Waals surface area contributed by atoms with Gasteiger partial charge in [0, 0.05) is 11.1 Å². The maximum absolute atomic E-state index is 14.7. The van der Waals surface area contributed by atoms with E-state index in [1.165, 1.54) is 6.39 Å². The molecular weight excluding hydrogens is 395 g/mol. The number of amides is 1. The van der Waals surface area contributed by atoms with Crippen LogP contribution in [0, 0.1) is 5.95 Å². The van der Waals surface area contributed by atoms with Crippen molar-refractivity contribution in [1.82, 2.24) is 20.2 Å². The number of nitrogens with one attached hydrogen (secondary N) is 1. The van der Waals surface area contributed by atoms with Gasteiger partial charge in [-0.3, -0.25) is 9.69 Å². The molecule has 3 aromatic rings. The minimum Gasteiger partial charge on any atom is -0.444 e. The van der Waals surface area contributed by atoms with Gasteiger partial charge in [-0.25, -0.2) is 9.97 Å². The molecule has 1 aromatic carbocycles. The third-order valence-electron chi connectivity index (χ3n) is 5.86. The summed E-state index contributed by atoms with van der Waals surface area (Å²) in [6, 6.07) is 10.4. The summed E-state index contributed by atoms with van der Waals surface area (Å²) in [6.07, 6.45) is 4.80. The molecular formula is C24H27FN4O2. The predicted octanol–water partition coefficient (Wildman–Crippen LogP) is 4.30. The van der Waals surface area contributed by atoms with Gasteiger partial charge in [0.15, 0.2) is 12.2 Å². The Bertz CT molecular complexity index is 1050. The van der Waals surface area contributed by atoms with E-state index in [0.29, 0.717) is 17.0 Å². The van der Waals surface area contributed by atoms with Crippen LogP contribution in [0.5, 0.6) is 0 Å². The molecule has 31 heavy (non-hydrogen) atoms. The van der Waals surface area contributed by atoms with Crippen molar-refractivity contribution in [2.75, 3.05) is 13.6 Å². The number of likely N-dealkylation sites (N-methyl/N-ethyl adjacent to an activating group) is 1. The summed E-state index contributed by atoms with van der Waals surface area (Å²) in [5.74, 6) is 0.0644. The first-order valence-electron chi connectivity index (χ1n) is 10.6. The van der Waals surface area contributed by atoms with Crippen LogP contribution in [-0.4, -0.2) is 40.4 Å². The van der Waals surface area contributed by atoms with Crippen molar-refractivity contribution in [1.29, 1.82) is 0 Å². The van der Waals surface area contributed by atoms with Crippen molar-refractivity contribution >= 4 is 5.91 Å². The van der Waals surface area contributed by atoms with Crippen LogP contribution in [0.15, 0.2) is 53.4 Å². The van der Waals surface area contributed by atoms with Gasteiger partial charge in [0.1, 0.15) is 0 Å². The standard InChI is InChI=1S/C24H27FN4O2/c1-15(2)18-9-10-19(27-23(18)25)22(28-24(30)20-8-5-11-29(20)3)17-7-4-6-16(12-17)21-13-26-14-31-21/h4,6-7,9-10,12-15,20,22H,5,8,11H2,1-3H3,(H,28,30). The van der Waals surface area contributed by atoms with Crippen LogP contribution in [0.3, 0.4) is 0 Å². The lowest BCUT2D eigenvalue weighted by atomic mass is 9.97. The van der Waals surface area contributed by atoms with Crippen molar-refractivity contribution in [3.8, 4) is 11.3 Å². The summed E-state index contributed by atoms with van der Waals surface area (Å²) in [7, 11) is 1.95. The van der Waals surface area contributed by atoms with Crippen molar-refractivity contribution in [3.63, 3.8) is 0 Å². The number of nitrogens with zero attached hydrogens (tertiary/aromatic N) is 3. The number of benzene rings is 1. The Morgan fingerprint density at radius 2 is 2.13 bits per heavy atom. The molecule has 1 N–H and O–H groups in total. The third-order valence-corrected chi connectivity index (χ3v) is 5.86. The van der Waals surface area contributed by atoms with Crippen molar-refractivity contribution in [3.05, 3.63) is 71.8 Å². The van der Waals surface area contributed by atoms with Gasteiger partial charge in [-0.05, 0) is 50.0 Å². The first-order chi connectivity index (χ1) is 14.9. The zero-order chi connectivity index (χ0) is 22.0. The van der Waals surface area contributed by atoms with E-state index in [0.717, 1.165) is 30.5 Å². The van der Waals surface area contributed by atoms with Crippen LogP contribution in [0.2, 0.25) is 0 Å². The fourth-order valence-electron chi connectivity index (χ4n) is 4.09. The van der Waals surface area contributed by atoms with Gasteiger partial charge in [0.2, 0.25) is 11.9 Å². The molecule has 1 saturated heterocycles. The number of rotatable bonds is 6. The molecule has 4 rings (SSSR count). The van der Waals surface area contributed by atoms with E-state index in [2.05, 4.69) is 15.3 Å². The van der Waals surface area contributed by atoms with Gasteiger partial charge >= 0.3 is 0 Å². The van der Waals surface area contributed by atoms with Gasteiger partial charge < -0.3 is 9.73 Å². The Labute approximate surface area is 181 Å². The number of hydrogen-bond donors (Lipinski definition) is 1. The van der Waals surface area contributed by atoms with Crippen LogP contribution in [-0.2, 0) is 4.79 Å². The first kappa shape index (κ1) is 21.2. The highest BCUT2D eigenvalue weighted by atomic mass is 19.1. The summed E-state index contributed by atoms with van der Waals surface area (Å²) in [6.45, 7) is 4.74. The summed E-state index contributed by atoms with van der Waals surface area (Å²) in [5.41, 5.74) is 2.64. The largest absolute Gasteiger partial charge is 0.444 e. The summed E-state index contributed by atoms with van der Waals surface area (Å²) >= 11 is 0. The molecule has 2 unspecified atom stereocenters. The van der Waals surface area contributed by atoms with E-state index in [4.69, 9.17) is 4.42 Å². The topological polar surface area (TPSA) is 71.3 Å². The number of pyridine rings is 1. The maximum Gasteiger partial charge on any atom is 0.238 e. The molecule has 0 spiro atoms. The summed E-state index contributed by atoms with van der Waals surface area (Å²) in [5, 5.41) is 3.11. The number of carbonyl (C=O) groups excluding carboxylic acids is 1. The minimum absolute atomic E-state index is 0.0245. The summed E-state index contributed by atoms with van der Waals surface area (Å²) in [4.78, 5) is 23.3. The Hall–Kier alpha value is -3.06. The molecule has 162 valence electrons. The number of halogens is 1. The van der Waals surface area contributed by atoms with Crippen molar-refractivity contribution in [2.24, 2.45) is 0 Å². The fourth-order valence-corrected chi connectivity index (χ4v) is 4.09. The van der Waals surface area contributed by atoms with Crippen LogP contribution in [0.25, 0.3) is 11.3 Å². The highest BCUT2D eigenvalue weighted by molar-refractivity contribution is 5.83. The predicted molar refractivity (Wildman–Crippen MR) is 116 cm³/mol. The number of aromatic nitrogens is 2. The van der Waals surface area contributed by atoms with Gasteiger partial charge in [0.25, 0.3) is 0 Å². The Morgan fingerprint density at radius 1 is 1.29 bits per heavy atom. The second kappa shape index (κ2) is 8.98. The molecule has 2 atom stereocenters. The molecule has 0 saturated carbocycles. The lowest BCUT2D eigenvalue weighted by Gasteiger charge is -2.24. The molecule has 7 heteroatoms. The third kappa shape index (κ3) is 4.51. The maximum atomic E-state index is 14.7. The van der Waals surface area contributed by atoms with Crippen LogP contribution in [0.1, 0.15) is 55.5 Å². The number of likely N-dealkylation sites (tertiary alicyclic amines) is 1. The Balaban J connectivity index is 1.72. The van der Waals surface area contributed by atoms with Crippen molar-refractivity contribution < 1.29 is 13.6 Å². The molecule has 0 aliphatic carbocycles. The lowest BCUT2D eigenvalue weighted by molar-refractivity contribution is -0.125. The second-order valence-corrected chi connectivity index (χ2v) is 8.34. The zero-order valence-corrected chi connectivity index (χ0v) is 18.0. The van der Waals surface area contributed by atoms with E-state index in [1.54, 1.807) is 18.3 Å². The average Bonchev–Trinajstić information content (AvgIpc) is 3.43.